The van der Waals surface area contributed by atoms with Gasteiger partial charge in [-0.15, -0.1) is 0 Å². The van der Waals surface area contributed by atoms with E-state index in [0.29, 0.717) is 0 Å². The van der Waals surface area contributed by atoms with Crippen LogP contribution in [0.1, 0.15) is 46.0 Å². The first-order valence-electron chi connectivity index (χ1n) is 7.98. The lowest BCUT2D eigenvalue weighted by Crippen LogP contribution is -2.50. The molecule has 3 fully saturated rings. The van der Waals surface area contributed by atoms with E-state index in [0.717, 1.165) is 24.2 Å². The third-order valence-electron chi connectivity index (χ3n) is 5.32. The third kappa shape index (κ3) is 2.59. The fraction of sp³-hybridized carbons (Fsp3) is 1.00. The van der Waals surface area contributed by atoms with Crippen molar-refractivity contribution in [2.75, 3.05) is 26.2 Å². The van der Waals surface area contributed by atoms with Crippen molar-refractivity contribution in [1.82, 2.24) is 15.1 Å². The van der Waals surface area contributed by atoms with Crippen molar-refractivity contribution in [1.29, 1.82) is 0 Å². The predicted octanol–water partition coefficient (Wildman–Crippen LogP) is 1.69. The smallest absolute Gasteiger partial charge is 0.0250 e. The molecule has 0 aromatic heterocycles. The summed E-state index contributed by atoms with van der Waals surface area (Å²) in [4.78, 5) is 5.33. The second kappa shape index (κ2) is 5.48. The van der Waals surface area contributed by atoms with Crippen LogP contribution in [0.5, 0.6) is 0 Å². The number of rotatable bonds is 3. The number of likely N-dealkylation sites (tertiary alicyclic amines) is 1. The van der Waals surface area contributed by atoms with Crippen molar-refractivity contribution >= 4 is 0 Å². The molecule has 0 bridgehead atoms. The van der Waals surface area contributed by atoms with Gasteiger partial charge in [0.25, 0.3) is 0 Å². The summed E-state index contributed by atoms with van der Waals surface area (Å²) in [5, 5.41) is 3.98. The highest BCUT2D eigenvalue weighted by atomic mass is 15.2. The van der Waals surface area contributed by atoms with Gasteiger partial charge in [0.2, 0.25) is 0 Å². The zero-order valence-electron chi connectivity index (χ0n) is 12.1. The normalized spacial score (nSPS) is 35.5. The third-order valence-corrected chi connectivity index (χ3v) is 5.32. The van der Waals surface area contributed by atoms with Crippen LogP contribution >= 0.6 is 0 Å². The molecule has 0 spiro atoms. The number of fused-ring (bicyclic) bond motifs is 1. The van der Waals surface area contributed by atoms with E-state index in [4.69, 9.17) is 0 Å². The Hall–Kier alpha value is -0.120. The Morgan fingerprint density at radius 3 is 2.44 bits per heavy atom. The van der Waals surface area contributed by atoms with Crippen LogP contribution < -0.4 is 5.32 Å². The molecule has 1 N–H and O–H groups in total. The van der Waals surface area contributed by atoms with E-state index in [1.807, 2.05) is 0 Å². The molecule has 0 amide bonds. The molecule has 3 rings (SSSR count). The highest BCUT2D eigenvalue weighted by Crippen LogP contribution is 2.29. The van der Waals surface area contributed by atoms with Gasteiger partial charge in [-0.05, 0) is 65.6 Å². The van der Waals surface area contributed by atoms with E-state index in [1.54, 1.807) is 0 Å². The van der Waals surface area contributed by atoms with Gasteiger partial charge in [-0.25, -0.2) is 0 Å². The van der Waals surface area contributed by atoms with Crippen LogP contribution in [0.25, 0.3) is 0 Å². The first kappa shape index (κ1) is 12.9. The largest absolute Gasteiger partial charge is 0.310 e. The molecule has 0 aromatic rings. The Bertz CT molecular complexity index is 271. The minimum absolute atomic E-state index is 0.725. The summed E-state index contributed by atoms with van der Waals surface area (Å²) in [5.41, 5.74) is 0. The fourth-order valence-corrected chi connectivity index (χ4v) is 4.16. The lowest BCUT2D eigenvalue weighted by molar-refractivity contribution is 0.153. The van der Waals surface area contributed by atoms with Crippen LogP contribution in [0.3, 0.4) is 0 Å². The van der Waals surface area contributed by atoms with Crippen molar-refractivity contribution in [3.05, 3.63) is 0 Å². The van der Waals surface area contributed by atoms with E-state index in [1.165, 1.54) is 58.3 Å². The number of hydrogen-bond acceptors (Lipinski definition) is 3. The van der Waals surface area contributed by atoms with Gasteiger partial charge in [0.1, 0.15) is 0 Å². The minimum atomic E-state index is 0.725. The zero-order valence-corrected chi connectivity index (χ0v) is 12.1. The van der Waals surface area contributed by atoms with Crippen molar-refractivity contribution in [2.24, 2.45) is 0 Å². The van der Waals surface area contributed by atoms with E-state index < -0.39 is 0 Å². The minimum Gasteiger partial charge on any atom is -0.310 e. The van der Waals surface area contributed by atoms with Gasteiger partial charge in [0.15, 0.2) is 0 Å². The Balaban J connectivity index is 1.47. The Morgan fingerprint density at radius 1 is 0.944 bits per heavy atom. The molecular weight excluding hydrogens is 222 g/mol. The van der Waals surface area contributed by atoms with Crippen molar-refractivity contribution in [3.63, 3.8) is 0 Å². The highest BCUT2D eigenvalue weighted by molar-refractivity contribution is 4.97. The zero-order chi connectivity index (χ0) is 12.5. The van der Waals surface area contributed by atoms with E-state index in [-0.39, 0.29) is 0 Å². The quantitative estimate of drug-likeness (QED) is 0.823. The van der Waals surface area contributed by atoms with E-state index >= 15 is 0 Å². The maximum atomic E-state index is 3.98. The molecule has 0 saturated carbocycles. The number of piperidine rings is 1. The first-order chi connectivity index (χ1) is 8.74. The monoisotopic (exact) mass is 251 g/mol. The van der Waals surface area contributed by atoms with Crippen molar-refractivity contribution in [2.45, 2.75) is 70.1 Å². The summed E-state index contributed by atoms with van der Waals surface area (Å²) in [7, 11) is 0. The van der Waals surface area contributed by atoms with Gasteiger partial charge in [-0.1, -0.05) is 0 Å². The molecule has 3 saturated heterocycles. The van der Waals surface area contributed by atoms with Crippen molar-refractivity contribution in [3.8, 4) is 0 Å². The molecule has 0 aliphatic carbocycles. The summed E-state index contributed by atoms with van der Waals surface area (Å²) >= 11 is 0. The van der Waals surface area contributed by atoms with Gasteiger partial charge < -0.3 is 10.2 Å². The molecule has 3 aliphatic heterocycles. The highest BCUT2D eigenvalue weighted by Gasteiger charge is 2.38. The van der Waals surface area contributed by atoms with Gasteiger partial charge in [-0.2, -0.15) is 0 Å². The Labute approximate surface area is 112 Å². The summed E-state index contributed by atoms with van der Waals surface area (Å²) in [5.74, 6) is 0. The first-order valence-corrected chi connectivity index (χ1v) is 7.98. The molecule has 3 heterocycles. The van der Waals surface area contributed by atoms with Gasteiger partial charge in [0, 0.05) is 30.7 Å². The van der Waals surface area contributed by atoms with Crippen LogP contribution in [0, 0.1) is 0 Å². The van der Waals surface area contributed by atoms with Gasteiger partial charge >= 0.3 is 0 Å². The Morgan fingerprint density at radius 2 is 1.72 bits per heavy atom. The lowest BCUT2D eigenvalue weighted by Gasteiger charge is -2.37. The molecule has 3 aliphatic rings. The molecule has 0 aromatic carbocycles. The summed E-state index contributed by atoms with van der Waals surface area (Å²) < 4.78 is 0. The molecule has 2 unspecified atom stereocenters. The van der Waals surface area contributed by atoms with E-state index in [2.05, 4.69) is 29.0 Å². The van der Waals surface area contributed by atoms with Crippen LogP contribution in [-0.2, 0) is 0 Å². The average Bonchev–Trinajstić information content (AvgIpc) is 2.95. The predicted molar refractivity (Wildman–Crippen MR) is 75.9 cm³/mol. The van der Waals surface area contributed by atoms with Crippen LogP contribution in [0.15, 0.2) is 0 Å². The molecular formula is C15H29N3. The Kier molecular flexibility index (Phi) is 3.92. The number of nitrogens with zero attached hydrogens (tertiary/aromatic N) is 2. The van der Waals surface area contributed by atoms with Gasteiger partial charge in [0.05, 0.1) is 0 Å². The van der Waals surface area contributed by atoms with Crippen LogP contribution in [0.2, 0.25) is 0 Å². The van der Waals surface area contributed by atoms with Crippen molar-refractivity contribution < 1.29 is 0 Å². The fourth-order valence-electron chi connectivity index (χ4n) is 4.16. The van der Waals surface area contributed by atoms with Crippen LogP contribution in [-0.4, -0.2) is 60.1 Å². The van der Waals surface area contributed by atoms with E-state index in [9.17, 15) is 0 Å². The van der Waals surface area contributed by atoms with Gasteiger partial charge in [-0.3, -0.25) is 4.90 Å². The van der Waals surface area contributed by atoms with Crippen LogP contribution in [0.4, 0.5) is 0 Å². The standard InChI is InChI=1S/C15H29N3/c1-12(2)17-9-5-13(6-10-17)16-14-7-11-18-8-3-4-15(14)18/h12-16H,3-11H2,1-2H3. The molecule has 18 heavy (non-hydrogen) atoms. The molecule has 0 radical (unpaired) electrons. The summed E-state index contributed by atoms with van der Waals surface area (Å²) in [6.45, 7) is 9.91. The maximum absolute atomic E-state index is 3.98. The summed E-state index contributed by atoms with van der Waals surface area (Å²) in [6.07, 6.45) is 6.94. The number of hydrogen-bond donors (Lipinski definition) is 1. The average molecular weight is 251 g/mol. The molecule has 3 heteroatoms. The SMILES string of the molecule is CC(C)N1CCC(NC2CCN3CCCC23)CC1. The maximum Gasteiger partial charge on any atom is 0.0250 e. The summed E-state index contributed by atoms with van der Waals surface area (Å²) in [6, 6.07) is 3.17. The molecule has 104 valence electrons. The number of nitrogens with one attached hydrogen (secondary N) is 1. The molecule has 2 atom stereocenters. The lowest BCUT2D eigenvalue weighted by atomic mass is 9.99. The molecule has 3 nitrogen and oxygen atoms in total. The second-order valence-corrected chi connectivity index (χ2v) is 6.71. The topological polar surface area (TPSA) is 18.5 Å². The second-order valence-electron chi connectivity index (χ2n) is 6.71.